The number of nitrogens with two attached hydrogens (primary N) is 1. The smallest absolute Gasteiger partial charge is 0.382 e. The molecule has 3 aromatic rings. The van der Waals surface area contributed by atoms with E-state index in [-0.39, 0.29) is 23.2 Å². The Morgan fingerprint density at radius 1 is 1.14 bits per heavy atom. The molecule has 2 aromatic carbocycles. The van der Waals surface area contributed by atoms with E-state index in [1.807, 2.05) is 13.0 Å². The summed E-state index contributed by atoms with van der Waals surface area (Å²) in [7, 11) is -3.29. The highest BCUT2D eigenvalue weighted by Gasteiger charge is 2.30. The van der Waals surface area contributed by atoms with Crippen LogP contribution in [0.2, 0.25) is 0 Å². The van der Waals surface area contributed by atoms with Crippen LogP contribution in [0, 0.1) is 11.8 Å². The molecule has 35 heavy (non-hydrogen) atoms. The Morgan fingerprint density at radius 2 is 1.86 bits per heavy atom. The van der Waals surface area contributed by atoms with Crippen molar-refractivity contribution in [1.29, 1.82) is 0 Å². The first kappa shape index (κ1) is 26.4. The number of fused-ring (bicyclic) bond motifs is 1. The number of anilines is 2. The van der Waals surface area contributed by atoms with Crippen LogP contribution in [0.4, 0.5) is 24.5 Å². The minimum absolute atomic E-state index is 0.115. The molecular weight excluding hydrogens is 477 g/mol. The lowest BCUT2D eigenvalue weighted by molar-refractivity contribution is -0.140. The van der Waals surface area contributed by atoms with Gasteiger partial charge in [-0.3, -0.25) is 0 Å². The molecule has 0 aliphatic heterocycles. The number of nitrogens with one attached hydrogen (secondary N) is 2. The van der Waals surface area contributed by atoms with E-state index >= 15 is 0 Å². The van der Waals surface area contributed by atoms with Crippen molar-refractivity contribution >= 4 is 32.1 Å². The molecule has 4 N–H and O–H groups in total. The van der Waals surface area contributed by atoms with Gasteiger partial charge in [0.15, 0.2) is 9.84 Å². The van der Waals surface area contributed by atoms with Crippen LogP contribution in [0.25, 0.3) is 10.9 Å². The first-order valence-electron chi connectivity index (χ1n) is 11.2. The minimum atomic E-state index is -4.41. The first-order chi connectivity index (χ1) is 16.5. The predicted molar refractivity (Wildman–Crippen MR) is 134 cm³/mol. The van der Waals surface area contributed by atoms with E-state index in [0.29, 0.717) is 23.1 Å². The molecule has 0 saturated carbocycles. The standard InChI is InChI=1S/C25H29F3N4O2S/c1-3-18(13-14-29)31-23-7-4-8-24-22(23)16-20(32(24)17-25(26,27)28)6-5-15-30-19-9-11-21(12-10-19)35(2,33)34/h4,7-12,16,18,30-31H,3,13-15,17,29H2,1-2H3. The van der Waals surface area contributed by atoms with Crippen molar-refractivity contribution in [3.63, 3.8) is 0 Å². The number of nitrogens with zero attached hydrogens (tertiary/aromatic N) is 1. The van der Waals surface area contributed by atoms with E-state index in [2.05, 4.69) is 22.5 Å². The normalized spacial score (nSPS) is 12.7. The van der Waals surface area contributed by atoms with Gasteiger partial charge in [-0.05, 0) is 67.8 Å². The molecule has 1 unspecified atom stereocenters. The number of hydrogen-bond donors (Lipinski definition) is 3. The molecule has 188 valence electrons. The van der Waals surface area contributed by atoms with Crippen LogP contribution in [0.15, 0.2) is 53.4 Å². The summed E-state index contributed by atoms with van der Waals surface area (Å²) in [5, 5.41) is 7.10. The van der Waals surface area contributed by atoms with Crippen molar-refractivity contribution in [2.24, 2.45) is 5.73 Å². The number of alkyl halides is 3. The van der Waals surface area contributed by atoms with E-state index in [9.17, 15) is 21.6 Å². The Balaban J connectivity index is 1.87. The quantitative estimate of drug-likeness (QED) is 0.369. The summed E-state index contributed by atoms with van der Waals surface area (Å²) in [6.07, 6.45) is -1.70. The number of rotatable bonds is 9. The molecule has 3 rings (SSSR count). The summed E-state index contributed by atoms with van der Waals surface area (Å²) in [4.78, 5) is 0.201. The van der Waals surface area contributed by atoms with Gasteiger partial charge in [0, 0.05) is 29.1 Å². The predicted octanol–water partition coefficient (Wildman–Crippen LogP) is 4.61. The summed E-state index contributed by atoms with van der Waals surface area (Å²) >= 11 is 0. The fourth-order valence-corrected chi connectivity index (χ4v) is 4.39. The average Bonchev–Trinajstić information content (AvgIpc) is 3.13. The maximum Gasteiger partial charge on any atom is 0.406 e. The Kier molecular flexibility index (Phi) is 8.35. The molecule has 0 spiro atoms. The van der Waals surface area contributed by atoms with Gasteiger partial charge in [0.25, 0.3) is 0 Å². The van der Waals surface area contributed by atoms with E-state index in [1.165, 1.54) is 16.7 Å². The van der Waals surface area contributed by atoms with Gasteiger partial charge in [0.05, 0.1) is 22.7 Å². The topological polar surface area (TPSA) is 89.2 Å². The molecule has 0 fully saturated rings. The molecule has 6 nitrogen and oxygen atoms in total. The largest absolute Gasteiger partial charge is 0.406 e. The van der Waals surface area contributed by atoms with Crippen LogP contribution >= 0.6 is 0 Å². The van der Waals surface area contributed by atoms with Crippen molar-refractivity contribution in [1.82, 2.24) is 4.57 Å². The second-order valence-electron chi connectivity index (χ2n) is 8.25. The SMILES string of the molecule is CCC(CCN)Nc1cccc2c1cc(C#CCNc1ccc(S(C)(=O)=O)cc1)n2CC(F)(F)F. The lowest BCUT2D eigenvalue weighted by atomic mass is 10.1. The molecule has 1 atom stereocenters. The fraction of sp³-hybridized carbons (Fsp3) is 0.360. The Bertz CT molecular complexity index is 1320. The second kappa shape index (κ2) is 11.1. The average molecular weight is 507 g/mol. The number of aromatic nitrogens is 1. The van der Waals surface area contributed by atoms with E-state index in [0.717, 1.165) is 24.8 Å². The fourth-order valence-electron chi connectivity index (χ4n) is 3.76. The maximum absolute atomic E-state index is 13.4. The van der Waals surface area contributed by atoms with Gasteiger partial charge in [0.1, 0.15) is 6.54 Å². The second-order valence-corrected chi connectivity index (χ2v) is 10.3. The summed E-state index contributed by atoms with van der Waals surface area (Å²) in [6.45, 7) is 1.56. The highest BCUT2D eigenvalue weighted by Crippen LogP contribution is 2.30. The number of hydrogen-bond acceptors (Lipinski definition) is 5. The van der Waals surface area contributed by atoms with E-state index in [1.54, 1.807) is 30.3 Å². The number of halogens is 3. The van der Waals surface area contributed by atoms with E-state index < -0.39 is 22.6 Å². The molecule has 10 heteroatoms. The van der Waals surface area contributed by atoms with Crippen LogP contribution in [-0.4, -0.2) is 44.5 Å². The molecule has 0 bridgehead atoms. The van der Waals surface area contributed by atoms with Crippen LogP contribution in [-0.2, 0) is 16.4 Å². The van der Waals surface area contributed by atoms with Gasteiger partial charge < -0.3 is 20.9 Å². The van der Waals surface area contributed by atoms with Gasteiger partial charge in [-0.2, -0.15) is 13.2 Å². The number of sulfone groups is 1. The molecule has 0 aliphatic carbocycles. The van der Waals surface area contributed by atoms with Crippen LogP contribution in [0.3, 0.4) is 0 Å². The first-order valence-corrected chi connectivity index (χ1v) is 13.1. The molecule has 0 radical (unpaired) electrons. The third-order valence-electron chi connectivity index (χ3n) is 5.53. The summed E-state index contributed by atoms with van der Waals surface area (Å²) in [6, 6.07) is 13.2. The number of benzene rings is 2. The highest BCUT2D eigenvalue weighted by atomic mass is 32.2. The zero-order valence-electron chi connectivity index (χ0n) is 19.6. The molecular formula is C25H29F3N4O2S. The third kappa shape index (κ3) is 7.16. The Hall–Kier alpha value is -3.16. The van der Waals surface area contributed by atoms with E-state index in [4.69, 9.17) is 5.73 Å². The molecule has 0 amide bonds. The minimum Gasteiger partial charge on any atom is -0.382 e. The zero-order chi connectivity index (χ0) is 25.6. The Labute approximate surface area is 203 Å². The lowest BCUT2D eigenvalue weighted by Gasteiger charge is -2.18. The molecule has 0 aliphatic rings. The maximum atomic E-state index is 13.4. The van der Waals surface area contributed by atoms with Crippen molar-refractivity contribution < 1.29 is 21.6 Å². The lowest BCUT2D eigenvalue weighted by Crippen LogP contribution is -2.22. The van der Waals surface area contributed by atoms with Crippen molar-refractivity contribution in [3.05, 3.63) is 54.2 Å². The van der Waals surface area contributed by atoms with Crippen molar-refractivity contribution in [3.8, 4) is 11.8 Å². The van der Waals surface area contributed by atoms with Crippen LogP contribution < -0.4 is 16.4 Å². The zero-order valence-corrected chi connectivity index (χ0v) is 20.4. The van der Waals surface area contributed by atoms with Crippen molar-refractivity contribution in [2.45, 2.75) is 43.4 Å². The van der Waals surface area contributed by atoms with Gasteiger partial charge >= 0.3 is 6.18 Å². The summed E-state index contributed by atoms with van der Waals surface area (Å²) < 4.78 is 64.4. The van der Waals surface area contributed by atoms with Crippen LogP contribution in [0.5, 0.6) is 0 Å². The Morgan fingerprint density at radius 3 is 2.46 bits per heavy atom. The highest BCUT2D eigenvalue weighted by molar-refractivity contribution is 7.90. The van der Waals surface area contributed by atoms with Crippen LogP contribution in [0.1, 0.15) is 25.5 Å². The van der Waals surface area contributed by atoms with Gasteiger partial charge in [0.2, 0.25) is 0 Å². The molecule has 0 saturated heterocycles. The van der Waals surface area contributed by atoms with Gasteiger partial charge in [-0.25, -0.2) is 8.42 Å². The van der Waals surface area contributed by atoms with Crippen molar-refractivity contribution in [2.75, 3.05) is 30.0 Å². The van der Waals surface area contributed by atoms with Gasteiger partial charge in [-0.1, -0.05) is 18.9 Å². The molecule has 1 heterocycles. The summed E-state index contributed by atoms with van der Waals surface area (Å²) in [5.74, 6) is 5.73. The molecule has 1 aromatic heterocycles. The van der Waals surface area contributed by atoms with Gasteiger partial charge in [-0.15, -0.1) is 0 Å². The third-order valence-corrected chi connectivity index (χ3v) is 6.66. The monoisotopic (exact) mass is 506 g/mol. The summed E-state index contributed by atoms with van der Waals surface area (Å²) in [5.41, 5.74) is 7.79.